The van der Waals surface area contributed by atoms with Crippen molar-refractivity contribution in [1.82, 2.24) is 0 Å². The number of rotatable bonds is 5. The van der Waals surface area contributed by atoms with E-state index < -0.39 is 5.97 Å². The Balaban J connectivity index is 1.75. The monoisotopic (exact) mass is 361 g/mol. The lowest BCUT2D eigenvalue weighted by Crippen LogP contribution is -2.11. The maximum absolute atomic E-state index is 12.4. The second kappa shape index (κ2) is 7.74. The van der Waals surface area contributed by atoms with Gasteiger partial charge in [-0.15, -0.1) is 0 Å². The molecule has 0 aromatic heterocycles. The Labute approximate surface area is 157 Å². The molecule has 5 nitrogen and oxygen atoms in total. The molecule has 5 heteroatoms. The molecule has 0 aliphatic carbocycles. The van der Waals surface area contributed by atoms with Crippen molar-refractivity contribution in [3.63, 3.8) is 0 Å². The highest BCUT2D eigenvalue weighted by molar-refractivity contribution is 6.10. The molecule has 0 radical (unpaired) electrons. The van der Waals surface area contributed by atoms with Gasteiger partial charge in [-0.05, 0) is 36.4 Å². The number of ether oxygens (including phenoxy) is 1. The molecule has 0 saturated carbocycles. The third-order valence-corrected chi connectivity index (χ3v) is 4.08. The van der Waals surface area contributed by atoms with Gasteiger partial charge in [0.05, 0.1) is 11.1 Å². The number of phenols is 1. The summed E-state index contributed by atoms with van der Waals surface area (Å²) in [6, 6.07) is 19.8. The summed E-state index contributed by atoms with van der Waals surface area (Å²) in [7, 11) is 3.82. The van der Waals surface area contributed by atoms with E-state index in [0.717, 1.165) is 5.69 Å². The summed E-state index contributed by atoms with van der Waals surface area (Å²) in [5, 5.41) is 10.2. The Morgan fingerprint density at radius 1 is 0.852 bits per heavy atom. The van der Waals surface area contributed by atoms with Gasteiger partial charge in [0.1, 0.15) is 11.5 Å². The Kier molecular flexibility index (Phi) is 5.22. The first-order valence-electron chi connectivity index (χ1n) is 8.38. The summed E-state index contributed by atoms with van der Waals surface area (Å²) >= 11 is 0. The first-order valence-corrected chi connectivity index (χ1v) is 8.38. The molecular weight excluding hydrogens is 342 g/mol. The van der Waals surface area contributed by atoms with E-state index in [0.29, 0.717) is 11.1 Å². The number of anilines is 1. The molecule has 0 spiro atoms. The van der Waals surface area contributed by atoms with E-state index in [4.69, 9.17) is 4.74 Å². The number of nitrogens with zero attached hydrogens (tertiary/aromatic N) is 1. The quantitative estimate of drug-likeness (QED) is 0.424. The van der Waals surface area contributed by atoms with Gasteiger partial charge in [0.2, 0.25) is 0 Å². The number of ketones is 1. The molecule has 1 N–H and O–H groups in total. The second-order valence-electron chi connectivity index (χ2n) is 6.20. The van der Waals surface area contributed by atoms with E-state index in [9.17, 15) is 14.7 Å². The minimum Gasteiger partial charge on any atom is -0.507 e. The van der Waals surface area contributed by atoms with Crippen molar-refractivity contribution in [3.8, 4) is 11.5 Å². The van der Waals surface area contributed by atoms with E-state index in [1.54, 1.807) is 36.4 Å². The minimum absolute atomic E-state index is 0.149. The molecule has 0 aliphatic heterocycles. The van der Waals surface area contributed by atoms with Crippen LogP contribution in [0.4, 0.5) is 5.69 Å². The molecule has 0 aliphatic rings. The molecule has 136 valence electrons. The van der Waals surface area contributed by atoms with E-state index in [1.165, 1.54) is 18.2 Å². The van der Waals surface area contributed by atoms with Crippen molar-refractivity contribution in [2.24, 2.45) is 0 Å². The summed E-state index contributed by atoms with van der Waals surface area (Å²) in [5.41, 5.74) is 1.98. The molecule has 3 rings (SSSR count). The van der Waals surface area contributed by atoms with Gasteiger partial charge in [-0.25, -0.2) is 4.79 Å². The molecular formula is C22H19NO4. The summed E-state index contributed by atoms with van der Waals surface area (Å²) in [6.07, 6.45) is 0. The summed E-state index contributed by atoms with van der Waals surface area (Å²) in [5.74, 6) is -0.914. The predicted molar refractivity (Wildman–Crippen MR) is 104 cm³/mol. The lowest BCUT2D eigenvalue weighted by Gasteiger charge is -2.12. The standard InChI is InChI=1S/C22H19NO4/c1-23(2)17-10-8-16(9-11-17)22(26)27-18-12-13-19(20(24)14-18)21(25)15-6-4-3-5-7-15/h3-14,24H,1-2H3. The molecule has 3 aromatic rings. The zero-order valence-corrected chi connectivity index (χ0v) is 15.0. The van der Waals surface area contributed by atoms with E-state index in [1.807, 2.05) is 37.2 Å². The number of esters is 1. The summed E-state index contributed by atoms with van der Waals surface area (Å²) < 4.78 is 5.30. The number of hydrogen-bond donors (Lipinski definition) is 1. The van der Waals surface area contributed by atoms with Crippen LogP contribution in [0, 0.1) is 0 Å². The molecule has 3 aromatic carbocycles. The first kappa shape index (κ1) is 18.2. The third-order valence-electron chi connectivity index (χ3n) is 4.08. The van der Waals surface area contributed by atoms with Crippen molar-refractivity contribution in [2.45, 2.75) is 0 Å². The van der Waals surface area contributed by atoms with Gasteiger partial charge >= 0.3 is 5.97 Å². The average Bonchev–Trinajstić information content (AvgIpc) is 2.68. The van der Waals surface area contributed by atoms with Crippen molar-refractivity contribution in [1.29, 1.82) is 0 Å². The predicted octanol–water partition coefficient (Wildman–Crippen LogP) is 3.91. The fourth-order valence-electron chi connectivity index (χ4n) is 2.57. The van der Waals surface area contributed by atoms with Crippen molar-refractivity contribution < 1.29 is 19.4 Å². The number of carbonyl (C=O) groups excluding carboxylic acids is 2. The Morgan fingerprint density at radius 3 is 2.11 bits per heavy atom. The zero-order chi connectivity index (χ0) is 19.4. The van der Waals surface area contributed by atoms with E-state index >= 15 is 0 Å². The lowest BCUT2D eigenvalue weighted by molar-refractivity contribution is 0.0734. The first-order chi connectivity index (χ1) is 13.0. The van der Waals surface area contributed by atoms with Gasteiger partial charge in [0.15, 0.2) is 5.78 Å². The molecule has 0 bridgehead atoms. The fraction of sp³-hybridized carbons (Fsp3) is 0.0909. The van der Waals surface area contributed by atoms with Crippen LogP contribution >= 0.6 is 0 Å². The van der Waals surface area contributed by atoms with Gasteiger partial charge in [0, 0.05) is 31.4 Å². The molecule has 0 unspecified atom stereocenters. The summed E-state index contributed by atoms with van der Waals surface area (Å²) in [6.45, 7) is 0. The molecule has 0 heterocycles. The van der Waals surface area contributed by atoms with Gasteiger partial charge in [-0.1, -0.05) is 30.3 Å². The van der Waals surface area contributed by atoms with Crippen LogP contribution in [-0.4, -0.2) is 31.0 Å². The largest absolute Gasteiger partial charge is 0.507 e. The van der Waals surface area contributed by atoms with Crippen LogP contribution in [0.3, 0.4) is 0 Å². The average molecular weight is 361 g/mol. The number of hydrogen-bond acceptors (Lipinski definition) is 5. The van der Waals surface area contributed by atoms with Crippen LogP contribution in [0.25, 0.3) is 0 Å². The second-order valence-corrected chi connectivity index (χ2v) is 6.20. The van der Waals surface area contributed by atoms with Gasteiger partial charge < -0.3 is 14.7 Å². The highest BCUT2D eigenvalue weighted by Crippen LogP contribution is 2.26. The molecule has 0 amide bonds. The molecule has 0 fully saturated rings. The van der Waals surface area contributed by atoms with Gasteiger partial charge in [0.25, 0.3) is 0 Å². The molecule has 27 heavy (non-hydrogen) atoms. The fourth-order valence-corrected chi connectivity index (χ4v) is 2.57. The lowest BCUT2D eigenvalue weighted by atomic mass is 10.0. The number of phenolic OH excluding ortho intramolecular Hbond substituents is 1. The number of aromatic hydroxyl groups is 1. The van der Waals surface area contributed by atoms with Gasteiger partial charge in [-0.3, -0.25) is 4.79 Å². The highest BCUT2D eigenvalue weighted by Gasteiger charge is 2.16. The van der Waals surface area contributed by atoms with Crippen molar-refractivity contribution in [2.75, 3.05) is 19.0 Å². The third kappa shape index (κ3) is 4.15. The topological polar surface area (TPSA) is 66.8 Å². The van der Waals surface area contributed by atoms with Gasteiger partial charge in [-0.2, -0.15) is 0 Å². The number of benzene rings is 3. The zero-order valence-electron chi connectivity index (χ0n) is 15.0. The Hall–Kier alpha value is -3.60. The molecule has 0 saturated heterocycles. The highest BCUT2D eigenvalue weighted by atomic mass is 16.5. The Bertz CT molecular complexity index is 963. The van der Waals surface area contributed by atoms with Crippen LogP contribution in [0.2, 0.25) is 0 Å². The maximum atomic E-state index is 12.4. The van der Waals surface area contributed by atoms with E-state index in [2.05, 4.69) is 0 Å². The van der Waals surface area contributed by atoms with Crippen LogP contribution in [0.1, 0.15) is 26.3 Å². The normalized spacial score (nSPS) is 10.3. The summed E-state index contributed by atoms with van der Waals surface area (Å²) in [4.78, 5) is 26.6. The number of carbonyl (C=O) groups is 2. The SMILES string of the molecule is CN(C)c1ccc(C(=O)Oc2ccc(C(=O)c3ccccc3)c(O)c2)cc1. The van der Waals surface area contributed by atoms with Crippen molar-refractivity contribution in [3.05, 3.63) is 89.5 Å². The van der Waals surface area contributed by atoms with Crippen LogP contribution < -0.4 is 9.64 Å². The minimum atomic E-state index is -0.540. The van der Waals surface area contributed by atoms with Crippen LogP contribution in [-0.2, 0) is 0 Å². The maximum Gasteiger partial charge on any atom is 0.343 e. The smallest absolute Gasteiger partial charge is 0.343 e. The van der Waals surface area contributed by atoms with Crippen LogP contribution in [0.5, 0.6) is 11.5 Å². The Morgan fingerprint density at radius 2 is 1.52 bits per heavy atom. The van der Waals surface area contributed by atoms with E-state index in [-0.39, 0.29) is 22.8 Å². The molecule has 0 atom stereocenters. The van der Waals surface area contributed by atoms with Crippen molar-refractivity contribution >= 4 is 17.4 Å². The van der Waals surface area contributed by atoms with Crippen LogP contribution in [0.15, 0.2) is 72.8 Å².